The standard InChI is InChI=1S/C15H29N3O3/c1-14(2,3)18(10-7-12(19)20)13(21)16-11-15(17(4)5)8-6-9-15/h6-11H2,1-5H3,(H,16,21)(H,19,20). The summed E-state index contributed by atoms with van der Waals surface area (Å²) in [6.07, 6.45) is 3.33. The Labute approximate surface area is 127 Å². The van der Waals surface area contributed by atoms with Gasteiger partial charge in [-0.1, -0.05) is 0 Å². The van der Waals surface area contributed by atoms with Crippen LogP contribution in [0.25, 0.3) is 0 Å². The maximum absolute atomic E-state index is 12.4. The van der Waals surface area contributed by atoms with Crippen molar-refractivity contribution in [2.75, 3.05) is 27.2 Å². The van der Waals surface area contributed by atoms with E-state index in [-0.39, 0.29) is 24.5 Å². The minimum Gasteiger partial charge on any atom is -0.481 e. The number of hydrogen-bond acceptors (Lipinski definition) is 3. The summed E-state index contributed by atoms with van der Waals surface area (Å²) < 4.78 is 0. The van der Waals surface area contributed by atoms with Gasteiger partial charge in [0.25, 0.3) is 0 Å². The second-order valence-electron chi connectivity index (χ2n) is 7.10. The first-order valence-electron chi connectivity index (χ1n) is 7.53. The van der Waals surface area contributed by atoms with Crippen LogP contribution in [0.5, 0.6) is 0 Å². The summed E-state index contributed by atoms with van der Waals surface area (Å²) in [7, 11) is 4.08. The maximum Gasteiger partial charge on any atom is 0.317 e. The molecular weight excluding hydrogens is 270 g/mol. The predicted octanol–water partition coefficient (Wildman–Crippen LogP) is 1.76. The first-order valence-corrected chi connectivity index (χ1v) is 7.53. The zero-order chi connectivity index (χ0) is 16.3. The van der Waals surface area contributed by atoms with E-state index in [9.17, 15) is 9.59 Å². The van der Waals surface area contributed by atoms with E-state index in [4.69, 9.17) is 5.11 Å². The summed E-state index contributed by atoms with van der Waals surface area (Å²) in [5.41, 5.74) is -0.337. The molecule has 0 saturated heterocycles. The van der Waals surface area contributed by atoms with Crippen LogP contribution >= 0.6 is 0 Å². The molecule has 122 valence electrons. The Kier molecular flexibility index (Phi) is 5.61. The van der Waals surface area contributed by atoms with Crippen LogP contribution in [-0.2, 0) is 4.79 Å². The molecule has 6 nitrogen and oxygen atoms in total. The molecule has 0 heterocycles. The van der Waals surface area contributed by atoms with Crippen LogP contribution in [0, 0.1) is 0 Å². The number of hydrogen-bond donors (Lipinski definition) is 2. The fourth-order valence-electron chi connectivity index (χ4n) is 2.65. The second kappa shape index (κ2) is 6.64. The molecule has 0 aromatic carbocycles. The lowest BCUT2D eigenvalue weighted by atomic mass is 9.75. The minimum absolute atomic E-state index is 0.0382. The van der Waals surface area contributed by atoms with Crippen LogP contribution in [0.4, 0.5) is 4.79 Å². The predicted molar refractivity (Wildman–Crippen MR) is 82.4 cm³/mol. The molecule has 0 aromatic heterocycles. The van der Waals surface area contributed by atoms with Gasteiger partial charge in [0.05, 0.1) is 6.42 Å². The van der Waals surface area contributed by atoms with Crippen molar-refractivity contribution in [2.45, 2.75) is 57.5 Å². The molecule has 2 amide bonds. The van der Waals surface area contributed by atoms with Crippen molar-refractivity contribution in [3.63, 3.8) is 0 Å². The Balaban J connectivity index is 2.62. The fourth-order valence-corrected chi connectivity index (χ4v) is 2.65. The molecule has 0 aromatic rings. The van der Waals surface area contributed by atoms with Gasteiger partial charge in [-0.25, -0.2) is 4.79 Å². The number of rotatable bonds is 6. The Hall–Kier alpha value is -1.30. The second-order valence-corrected chi connectivity index (χ2v) is 7.10. The smallest absolute Gasteiger partial charge is 0.317 e. The minimum atomic E-state index is -0.888. The molecule has 0 atom stereocenters. The van der Waals surface area contributed by atoms with Crippen molar-refractivity contribution < 1.29 is 14.7 Å². The van der Waals surface area contributed by atoms with Crippen molar-refractivity contribution >= 4 is 12.0 Å². The van der Waals surface area contributed by atoms with Crippen molar-refractivity contribution in [1.29, 1.82) is 0 Å². The summed E-state index contributed by atoms with van der Waals surface area (Å²) in [4.78, 5) is 26.9. The molecule has 0 unspecified atom stereocenters. The maximum atomic E-state index is 12.4. The summed E-state index contributed by atoms with van der Waals surface area (Å²) in [6.45, 7) is 6.58. The Bertz CT molecular complexity index is 384. The third kappa shape index (κ3) is 4.59. The molecule has 1 saturated carbocycles. The first kappa shape index (κ1) is 17.8. The van der Waals surface area contributed by atoms with E-state index in [1.54, 1.807) is 4.90 Å². The zero-order valence-electron chi connectivity index (χ0n) is 13.9. The van der Waals surface area contributed by atoms with E-state index in [2.05, 4.69) is 10.2 Å². The number of carbonyl (C=O) groups excluding carboxylic acids is 1. The Morgan fingerprint density at radius 3 is 2.14 bits per heavy atom. The fraction of sp³-hybridized carbons (Fsp3) is 0.867. The molecule has 21 heavy (non-hydrogen) atoms. The van der Waals surface area contributed by atoms with E-state index in [0.29, 0.717) is 6.54 Å². The van der Waals surface area contributed by atoms with E-state index >= 15 is 0 Å². The largest absolute Gasteiger partial charge is 0.481 e. The van der Waals surface area contributed by atoms with Crippen LogP contribution < -0.4 is 5.32 Å². The third-order valence-electron chi connectivity index (χ3n) is 4.41. The van der Waals surface area contributed by atoms with Crippen LogP contribution in [0.2, 0.25) is 0 Å². The Morgan fingerprint density at radius 2 is 1.81 bits per heavy atom. The van der Waals surface area contributed by atoms with Gasteiger partial charge in [0.1, 0.15) is 0 Å². The number of carboxylic acid groups (broad SMARTS) is 1. The number of amides is 2. The highest BCUT2D eigenvalue weighted by atomic mass is 16.4. The molecule has 0 bridgehead atoms. The highest BCUT2D eigenvalue weighted by Crippen LogP contribution is 2.35. The summed E-state index contributed by atoms with van der Waals surface area (Å²) in [6, 6.07) is -0.183. The lowest BCUT2D eigenvalue weighted by Crippen LogP contribution is -2.60. The average molecular weight is 299 g/mol. The topological polar surface area (TPSA) is 72.9 Å². The van der Waals surface area contributed by atoms with E-state index in [0.717, 1.165) is 12.8 Å². The average Bonchev–Trinajstić information content (AvgIpc) is 2.24. The monoisotopic (exact) mass is 299 g/mol. The highest BCUT2D eigenvalue weighted by Gasteiger charge is 2.40. The number of nitrogens with one attached hydrogen (secondary N) is 1. The van der Waals surface area contributed by atoms with Crippen LogP contribution in [0.1, 0.15) is 46.5 Å². The van der Waals surface area contributed by atoms with Crippen molar-refractivity contribution in [1.82, 2.24) is 15.1 Å². The summed E-state index contributed by atoms with van der Waals surface area (Å²) in [5.74, 6) is -0.888. The van der Waals surface area contributed by atoms with Crippen LogP contribution in [-0.4, -0.2) is 65.2 Å². The third-order valence-corrected chi connectivity index (χ3v) is 4.41. The molecule has 0 aliphatic heterocycles. The van der Waals surface area contributed by atoms with Crippen LogP contribution in [0.3, 0.4) is 0 Å². The van der Waals surface area contributed by atoms with Crippen molar-refractivity contribution in [3.8, 4) is 0 Å². The van der Waals surface area contributed by atoms with Gasteiger partial charge in [-0.3, -0.25) is 4.79 Å². The first-order chi connectivity index (χ1) is 9.58. The van der Waals surface area contributed by atoms with Gasteiger partial charge in [-0.2, -0.15) is 0 Å². The SMILES string of the molecule is CN(C)C1(CNC(=O)N(CCC(=O)O)C(C)(C)C)CCC1. The lowest BCUT2D eigenvalue weighted by Gasteiger charge is -2.48. The number of nitrogens with zero attached hydrogens (tertiary/aromatic N) is 2. The molecule has 6 heteroatoms. The van der Waals surface area contributed by atoms with Gasteiger partial charge in [-0.15, -0.1) is 0 Å². The van der Waals surface area contributed by atoms with Crippen LogP contribution in [0.15, 0.2) is 0 Å². The number of urea groups is 1. The molecule has 2 N–H and O–H groups in total. The molecular formula is C15H29N3O3. The number of carbonyl (C=O) groups is 2. The van der Waals surface area contributed by atoms with Gasteiger partial charge in [0.15, 0.2) is 0 Å². The summed E-state index contributed by atoms with van der Waals surface area (Å²) in [5, 5.41) is 11.8. The van der Waals surface area contributed by atoms with Gasteiger partial charge >= 0.3 is 12.0 Å². The molecule has 1 aliphatic carbocycles. The van der Waals surface area contributed by atoms with Gasteiger partial charge < -0.3 is 20.2 Å². The molecule has 0 spiro atoms. The molecule has 0 radical (unpaired) electrons. The van der Waals surface area contributed by atoms with Gasteiger partial charge in [-0.05, 0) is 54.1 Å². The normalized spacial score (nSPS) is 17.2. The summed E-state index contributed by atoms with van der Waals surface area (Å²) >= 11 is 0. The van der Waals surface area contributed by atoms with Gasteiger partial charge in [0.2, 0.25) is 0 Å². The number of aliphatic carboxylic acids is 1. The van der Waals surface area contributed by atoms with E-state index in [1.165, 1.54) is 6.42 Å². The van der Waals surface area contributed by atoms with Gasteiger partial charge in [0, 0.05) is 24.2 Å². The van der Waals surface area contributed by atoms with Crippen molar-refractivity contribution in [2.24, 2.45) is 0 Å². The lowest BCUT2D eigenvalue weighted by molar-refractivity contribution is -0.137. The zero-order valence-corrected chi connectivity index (χ0v) is 13.9. The van der Waals surface area contributed by atoms with E-state index in [1.807, 2.05) is 34.9 Å². The van der Waals surface area contributed by atoms with Crippen molar-refractivity contribution in [3.05, 3.63) is 0 Å². The molecule has 1 aliphatic rings. The number of likely N-dealkylation sites (N-methyl/N-ethyl adjacent to an activating group) is 1. The quantitative estimate of drug-likeness (QED) is 0.784. The van der Waals surface area contributed by atoms with E-state index < -0.39 is 11.5 Å². The number of carboxylic acids is 1. The molecule has 1 rings (SSSR count). The Morgan fingerprint density at radius 1 is 1.24 bits per heavy atom. The highest BCUT2D eigenvalue weighted by molar-refractivity contribution is 5.76. The molecule has 1 fully saturated rings.